The molecule has 0 saturated carbocycles. The van der Waals surface area contributed by atoms with E-state index in [0.29, 0.717) is 11.3 Å². The van der Waals surface area contributed by atoms with Gasteiger partial charge in [-0.2, -0.15) is 0 Å². The number of esters is 2. The third-order valence-corrected chi connectivity index (χ3v) is 4.59. The Balaban J connectivity index is 2.22. The first-order valence-electron chi connectivity index (χ1n) is 8.72. The Bertz CT molecular complexity index is 884. The van der Waals surface area contributed by atoms with Gasteiger partial charge in [0.1, 0.15) is 5.76 Å². The smallest absolute Gasteiger partial charge is 0.341 e. The number of carbonyl (C=O) groups excluding carboxylic acids is 3. The third kappa shape index (κ3) is 2.70. The van der Waals surface area contributed by atoms with Gasteiger partial charge in [-0.05, 0) is 32.9 Å². The van der Waals surface area contributed by atoms with Crippen molar-refractivity contribution in [3.05, 3.63) is 52.8 Å². The molecule has 0 bridgehead atoms. The number of likely N-dealkylation sites (N-methyl/N-ethyl adjacent to an activating group) is 1. The van der Waals surface area contributed by atoms with Gasteiger partial charge in [-0.1, -0.05) is 18.2 Å². The predicted molar refractivity (Wildman–Crippen MR) is 96.7 cm³/mol. The van der Waals surface area contributed by atoms with Gasteiger partial charge in [0.15, 0.2) is 0 Å². The number of anilines is 1. The molecule has 1 spiro atoms. The van der Waals surface area contributed by atoms with Crippen LogP contribution in [0.1, 0.15) is 26.3 Å². The number of hydrogen-bond acceptors (Lipinski definition) is 6. The molecule has 2 heterocycles. The summed E-state index contributed by atoms with van der Waals surface area (Å²) in [6.07, 6.45) is 1.35. The molecular weight excluding hydrogens is 350 g/mol. The second kappa shape index (κ2) is 6.90. The van der Waals surface area contributed by atoms with Crippen molar-refractivity contribution in [1.82, 2.24) is 0 Å². The largest absolute Gasteiger partial charge is 0.471 e. The van der Waals surface area contributed by atoms with Crippen molar-refractivity contribution in [1.29, 1.82) is 0 Å². The maximum absolute atomic E-state index is 13.2. The Morgan fingerprint density at radius 1 is 1.11 bits per heavy atom. The Kier molecular flexibility index (Phi) is 4.78. The number of hydrogen-bond donors (Lipinski definition) is 0. The van der Waals surface area contributed by atoms with E-state index in [2.05, 4.69) is 0 Å². The van der Waals surface area contributed by atoms with Crippen LogP contribution in [0.15, 0.2) is 47.2 Å². The number of amides is 1. The number of fused-ring (bicyclic) bond motifs is 2. The lowest BCUT2D eigenvalue weighted by molar-refractivity contribution is -0.148. The zero-order valence-corrected chi connectivity index (χ0v) is 15.7. The van der Waals surface area contributed by atoms with Gasteiger partial charge in [0.2, 0.25) is 5.60 Å². The van der Waals surface area contributed by atoms with Crippen molar-refractivity contribution in [2.75, 3.05) is 25.2 Å². The highest BCUT2D eigenvalue weighted by Gasteiger charge is 2.59. The molecule has 1 atom stereocenters. The average molecular weight is 371 g/mol. The topological polar surface area (TPSA) is 82.1 Å². The molecule has 0 saturated heterocycles. The van der Waals surface area contributed by atoms with Gasteiger partial charge >= 0.3 is 11.9 Å². The third-order valence-electron chi connectivity index (χ3n) is 4.59. The van der Waals surface area contributed by atoms with E-state index in [1.165, 1.54) is 11.0 Å². The van der Waals surface area contributed by atoms with E-state index in [1.807, 2.05) is 0 Å². The standard InChI is InChI=1S/C20H21NO6/c1-5-25-17(22)13-11-15(18(23)26-6-2)20(27-12(13)3)14-9-7-8-10-16(14)21(4)19(20)24/h7-11H,5-6H2,1-4H3. The zero-order chi connectivity index (χ0) is 19.8. The van der Waals surface area contributed by atoms with Gasteiger partial charge < -0.3 is 19.1 Å². The molecule has 1 unspecified atom stereocenters. The van der Waals surface area contributed by atoms with Crippen LogP contribution in [0, 0.1) is 0 Å². The Morgan fingerprint density at radius 3 is 2.41 bits per heavy atom. The number of ether oxygens (including phenoxy) is 3. The number of allylic oxidation sites excluding steroid dienone is 1. The van der Waals surface area contributed by atoms with Gasteiger partial charge in [0.25, 0.3) is 5.91 Å². The first-order chi connectivity index (χ1) is 12.9. The fraction of sp³-hybridized carbons (Fsp3) is 0.350. The number of rotatable bonds is 4. The van der Waals surface area contributed by atoms with Crippen LogP contribution < -0.4 is 4.90 Å². The molecule has 1 amide bonds. The average Bonchev–Trinajstić information content (AvgIpc) is 2.85. The van der Waals surface area contributed by atoms with E-state index in [-0.39, 0.29) is 30.1 Å². The second-order valence-electron chi connectivity index (χ2n) is 6.13. The summed E-state index contributed by atoms with van der Waals surface area (Å²) in [5.74, 6) is -1.56. The molecule has 0 N–H and O–H groups in total. The highest BCUT2D eigenvalue weighted by atomic mass is 16.6. The van der Waals surface area contributed by atoms with E-state index < -0.39 is 23.4 Å². The maximum atomic E-state index is 13.2. The molecule has 2 aliphatic heterocycles. The Morgan fingerprint density at radius 2 is 1.74 bits per heavy atom. The summed E-state index contributed by atoms with van der Waals surface area (Å²) in [5.41, 5.74) is -0.480. The number of benzene rings is 1. The summed E-state index contributed by atoms with van der Waals surface area (Å²) in [7, 11) is 1.61. The highest BCUT2D eigenvalue weighted by Crippen LogP contribution is 2.50. The minimum absolute atomic E-state index is 0.0418. The van der Waals surface area contributed by atoms with Gasteiger partial charge in [0, 0.05) is 12.6 Å². The molecule has 1 aromatic carbocycles. The van der Waals surface area contributed by atoms with Crippen LogP contribution in [0.25, 0.3) is 0 Å². The SMILES string of the molecule is CCOC(=O)C1=CC(C(=O)OCC)=C(C)OC12C(=O)N(C)c1ccccc12. The predicted octanol–water partition coefficient (Wildman–Crippen LogP) is 2.22. The molecule has 1 aromatic rings. The van der Waals surface area contributed by atoms with Crippen LogP contribution in [-0.2, 0) is 34.2 Å². The van der Waals surface area contributed by atoms with Crippen LogP contribution >= 0.6 is 0 Å². The number of para-hydroxylation sites is 1. The quantitative estimate of drug-likeness (QED) is 0.755. The molecule has 0 radical (unpaired) electrons. The van der Waals surface area contributed by atoms with Crippen LogP contribution in [-0.4, -0.2) is 38.1 Å². The van der Waals surface area contributed by atoms with E-state index >= 15 is 0 Å². The van der Waals surface area contributed by atoms with E-state index in [1.54, 1.807) is 52.1 Å². The first kappa shape index (κ1) is 18.7. The minimum atomic E-state index is -1.68. The summed E-state index contributed by atoms with van der Waals surface area (Å²) in [6, 6.07) is 7.06. The van der Waals surface area contributed by atoms with Crippen molar-refractivity contribution in [2.45, 2.75) is 26.4 Å². The molecule has 0 aliphatic carbocycles. The fourth-order valence-electron chi connectivity index (χ4n) is 3.39. The second-order valence-corrected chi connectivity index (χ2v) is 6.13. The van der Waals surface area contributed by atoms with Crippen molar-refractivity contribution < 1.29 is 28.6 Å². The lowest BCUT2D eigenvalue weighted by Gasteiger charge is -2.34. The normalized spacial score (nSPS) is 21.0. The molecule has 0 fully saturated rings. The minimum Gasteiger partial charge on any atom is -0.471 e. The summed E-state index contributed by atoms with van der Waals surface area (Å²) < 4.78 is 16.2. The van der Waals surface area contributed by atoms with Crippen molar-refractivity contribution in [3.8, 4) is 0 Å². The molecular formula is C20H21NO6. The monoisotopic (exact) mass is 371 g/mol. The van der Waals surface area contributed by atoms with Gasteiger partial charge in [0.05, 0.1) is 30.0 Å². The lowest BCUT2D eigenvalue weighted by Crippen LogP contribution is -2.46. The van der Waals surface area contributed by atoms with Crippen LogP contribution in [0.5, 0.6) is 0 Å². The summed E-state index contributed by atoms with van der Waals surface area (Å²) >= 11 is 0. The van der Waals surface area contributed by atoms with Gasteiger partial charge in [-0.3, -0.25) is 4.79 Å². The molecule has 3 rings (SSSR count). The molecule has 0 aromatic heterocycles. The van der Waals surface area contributed by atoms with Gasteiger partial charge in [-0.15, -0.1) is 0 Å². The fourth-order valence-corrected chi connectivity index (χ4v) is 3.39. The summed E-state index contributed by atoms with van der Waals surface area (Å²) in [4.78, 5) is 39.7. The summed E-state index contributed by atoms with van der Waals surface area (Å²) in [5, 5.41) is 0. The van der Waals surface area contributed by atoms with Crippen LogP contribution in [0.4, 0.5) is 5.69 Å². The Labute approximate surface area is 157 Å². The molecule has 2 aliphatic rings. The number of nitrogens with zero attached hydrogens (tertiary/aromatic N) is 1. The molecule has 7 nitrogen and oxygen atoms in total. The van der Waals surface area contributed by atoms with E-state index in [4.69, 9.17) is 14.2 Å². The molecule has 27 heavy (non-hydrogen) atoms. The van der Waals surface area contributed by atoms with E-state index in [9.17, 15) is 14.4 Å². The van der Waals surface area contributed by atoms with Gasteiger partial charge in [-0.25, -0.2) is 9.59 Å². The zero-order valence-electron chi connectivity index (χ0n) is 15.7. The van der Waals surface area contributed by atoms with E-state index in [0.717, 1.165) is 0 Å². The first-order valence-corrected chi connectivity index (χ1v) is 8.72. The van der Waals surface area contributed by atoms with Crippen molar-refractivity contribution in [2.24, 2.45) is 0 Å². The molecule has 142 valence electrons. The van der Waals surface area contributed by atoms with Crippen molar-refractivity contribution >= 4 is 23.5 Å². The summed E-state index contributed by atoms with van der Waals surface area (Å²) in [6.45, 7) is 5.21. The highest BCUT2D eigenvalue weighted by molar-refractivity contribution is 6.15. The maximum Gasteiger partial charge on any atom is 0.341 e. The van der Waals surface area contributed by atoms with Crippen LogP contribution in [0.2, 0.25) is 0 Å². The lowest BCUT2D eigenvalue weighted by atomic mass is 9.83. The number of carbonyl (C=O) groups is 3. The van der Waals surface area contributed by atoms with Crippen LogP contribution in [0.3, 0.4) is 0 Å². The van der Waals surface area contributed by atoms with Crippen molar-refractivity contribution in [3.63, 3.8) is 0 Å². The Hall–Kier alpha value is -3.09. The molecule has 7 heteroatoms.